The second-order valence-corrected chi connectivity index (χ2v) is 15.7. The Kier molecular flexibility index (Phi) is 7.64. The van der Waals surface area contributed by atoms with E-state index in [0.717, 1.165) is 0 Å². The molecule has 0 aromatic carbocycles. The topological polar surface area (TPSA) is 102 Å². The van der Waals surface area contributed by atoms with Gasteiger partial charge in [0.05, 0.1) is 10.5 Å². The Balaban J connectivity index is 2.75. The van der Waals surface area contributed by atoms with Gasteiger partial charge in [-0.05, 0) is 25.7 Å². The van der Waals surface area contributed by atoms with Crippen molar-refractivity contribution in [2.24, 2.45) is 0 Å². The summed E-state index contributed by atoms with van der Waals surface area (Å²) >= 11 is 0. The van der Waals surface area contributed by atoms with E-state index in [9.17, 15) is 56.0 Å². The quantitative estimate of drug-likeness (QED) is 0.453. The van der Waals surface area contributed by atoms with Crippen molar-refractivity contribution in [3.05, 3.63) is 0 Å². The van der Waals surface area contributed by atoms with Crippen molar-refractivity contribution in [1.82, 2.24) is 0 Å². The molecule has 2 fully saturated rings. The molecule has 0 aliphatic heterocycles. The molecule has 0 aromatic rings. The van der Waals surface area contributed by atoms with Crippen LogP contribution < -0.4 is 0 Å². The van der Waals surface area contributed by atoms with Gasteiger partial charge in [-0.3, -0.25) is 0 Å². The summed E-state index contributed by atoms with van der Waals surface area (Å²) in [5.41, 5.74) is 0. The summed E-state index contributed by atoms with van der Waals surface area (Å²) < 4.78 is 167. The zero-order valence-corrected chi connectivity index (χ0v) is 19.1. The third kappa shape index (κ3) is 4.51. The molecule has 0 amide bonds. The Morgan fingerprint density at radius 2 is 0.875 bits per heavy atom. The van der Waals surface area contributed by atoms with E-state index in [1.54, 1.807) is 0 Å². The number of hydrogen-bond donors (Lipinski definition) is 0. The van der Waals surface area contributed by atoms with Gasteiger partial charge in [0.25, 0.3) is 13.8 Å². The molecule has 2 aliphatic rings. The van der Waals surface area contributed by atoms with Crippen LogP contribution >= 0.6 is 0 Å². The molecule has 2 saturated carbocycles. The summed E-state index contributed by atoms with van der Waals surface area (Å²) in [4.78, 5) is 0. The van der Waals surface area contributed by atoms with Gasteiger partial charge in [-0.15, -0.1) is 0 Å². The van der Waals surface area contributed by atoms with Gasteiger partial charge in [0, 0.05) is 0 Å². The van der Waals surface area contributed by atoms with Crippen LogP contribution in [0, 0.1) is 0 Å². The molecule has 0 N–H and O–H groups in total. The van der Waals surface area contributed by atoms with Crippen LogP contribution in [0.3, 0.4) is 0 Å². The van der Waals surface area contributed by atoms with Gasteiger partial charge >= 0.3 is 17.4 Å². The second-order valence-electron chi connectivity index (χ2n) is 8.12. The molecule has 32 heavy (non-hydrogen) atoms. The minimum atomic E-state index is -7.43. The minimum Gasteiger partial charge on any atom is -0.226 e. The van der Waals surface area contributed by atoms with Crippen LogP contribution in [0.25, 0.3) is 0 Å². The molecular formula is C16H23F7O6S3. The van der Waals surface area contributed by atoms with Crippen molar-refractivity contribution in [2.75, 3.05) is 0 Å². The zero-order chi connectivity index (χ0) is 24.8. The molecule has 0 spiro atoms. The van der Waals surface area contributed by atoms with E-state index in [4.69, 9.17) is 0 Å². The first-order chi connectivity index (χ1) is 14.3. The fourth-order valence-electron chi connectivity index (χ4n) is 4.11. The van der Waals surface area contributed by atoms with E-state index in [1.165, 1.54) is 0 Å². The molecule has 2 aliphatic carbocycles. The highest BCUT2D eigenvalue weighted by Crippen LogP contribution is 2.52. The van der Waals surface area contributed by atoms with Gasteiger partial charge < -0.3 is 0 Å². The maximum Gasteiger partial charge on any atom is 0.461 e. The predicted molar refractivity (Wildman–Crippen MR) is 100 cm³/mol. The van der Waals surface area contributed by atoms with Crippen molar-refractivity contribution in [1.29, 1.82) is 0 Å². The SMILES string of the molecule is O=S(=O)(C1CCCCC1)C(S(=O)(=O)C1CCCCC1)S(=O)(=O)C(F)(F)C(F)(F)C(F)(F)F. The highest BCUT2D eigenvalue weighted by molar-refractivity contribution is 8.24. The predicted octanol–water partition coefficient (Wildman–Crippen LogP) is 3.97. The van der Waals surface area contributed by atoms with Gasteiger partial charge in [-0.1, -0.05) is 38.5 Å². The van der Waals surface area contributed by atoms with Crippen molar-refractivity contribution >= 4 is 29.5 Å². The lowest BCUT2D eigenvalue weighted by atomic mass is 10.0. The van der Waals surface area contributed by atoms with E-state index >= 15 is 0 Å². The average Bonchev–Trinajstić information content (AvgIpc) is 2.67. The molecule has 16 heteroatoms. The van der Waals surface area contributed by atoms with Gasteiger partial charge in [-0.25, -0.2) is 25.3 Å². The molecule has 6 nitrogen and oxygen atoms in total. The third-order valence-corrected chi connectivity index (χ3v) is 16.0. The van der Waals surface area contributed by atoms with Crippen molar-refractivity contribution in [3.63, 3.8) is 0 Å². The van der Waals surface area contributed by atoms with Gasteiger partial charge in [0.15, 0.2) is 19.7 Å². The average molecular weight is 541 g/mol. The van der Waals surface area contributed by atoms with Crippen LogP contribution in [0.15, 0.2) is 0 Å². The van der Waals surface area contributed by atoms with Crippen molar-refractivity contribution < 1.29 is 56.0 Å². The number of alkyl halides is 7. The highest BCUT2D eigenvalue weighted by atomic mass is 32.3. The standard InChI is InChI=1S/C16H23F7O6S3/c17-14(18,15(19,20)21)16(22,23)32(28,29)13(30(24,25)11-7-3-1-4-8-11)31(26,27)12-9-5-2-6-10-12/h11-13H,1-10H2. The Labute approximate surface area is 181 Å². The van der Waals surface area contributed by atoms with Gasteiger partial charge in [0.2, 0.25) is 0 Å². The lowest BCUT2D eigenvalue weighted by Gasteiger charge is -2.34. The van der Waals surface area contributed by atoms with E-state index < -0.39 is 61.3 Å². The Hall–Kier alpha value is -0.640. The first-order valence-corrected chi connectivity index (χ1v) is 14.6. The lowest BCUT2D eigenvalue weighted by molar-refractivity contribution is -0.332. The summed E-state index contributed by atoms with van der Waals surface area (Å²) in [7, 11) is -18.7. The van der Waals surface area contributed by atoms with Crippen LogP contribution in [0.4, 0.5) is 30.7 Å². The van der Waals surface area contributed by atoms with Gasteiger partial charge in [0.1, 0.15) is 0 Å². The summed E-state index contributed by atoms with van der Waals surface area (Å²) in [5, 5.41) is -10.6. The molecule has 0 saturated heterocycles. The van der Waals surface area contributed by atoms with Crippen LogP contribution in [-0.2, 0) is 29.5 Å². The van der Waals surface area contributed by atoms with Crippen LogP contribution in [-0.4, -0.2) is 57.0 Å². The smallest absolute Gasteiger partial charge is 0.226 e. The number of sulfone groups is 3. The Morgan fingerprint density at radius 1 is 0.562 bits per heavy atom. The van der Waals surface area contributed by atoms with E-state index in [-0.39, 0.29) is 51.4 Å². The van der Waals surface area contributed by atoms with Crippen LogP contribution in [0.1, 0.15) is 64.2 Å². The van der Waals surface area contributed by atoms with E-state index in [2.05, 4.69) is 0 Å². The number of halogens is 7. The molecule has 2 rings (SSSR count). The molecule has 0 atom stereocenters. The zero-order valence-electron chi connectivity index (χ0n) is 16.6. The molecule has 0 unspecified atom stereocenters. The first-order valence-electron chi connectivity index (χ1n) is 9.84. The number of hydrogen-bond acceptors (Lipinski definition) is 6. The molecule has 0 aromatic heterocycles. The molecule has 0 heterocycles. The Morgan fingerprint density at radius 3 is 1.16 bits per heavy atom. The molecular weight excluding hydrogens is 517 g/mol. The Bertz CT molecular complexity index is 943. The normalized spacial score (nSPS) is 21.8. The summed E-state index contributed by atoms with van der Waals surface area (Å²) in [6.07, 6.45) is -6.79. The molecule has 0 radical (unpaired) electrons. The van der Waals surface area contributed by atoms with E-state index in [0.29, 0.717) is 12.8 Å². The van der Waals surface area contributed by atoms with E-state index in [1.807, 2.05) is 0 Å². The maximum atomic E-state index is 14.3. The minimum absolute atomic E-state index is 0.162. The molecule has 0 bridgehead atoms. The van der Waals surface area contributed by atoms with Crippen LogP contribution in [0.2, 0.25) is 0 Å². The van der Waals surface area contributed by atoms with Crippen molar-refractivity contribution in [3.8, 4) is 0 Å². The maximum absolute atomic E-state index is 14.3. The number of rotatable bonds is 7. The van der Waals surface area contributed by atoms with Crippen LogP contribution in [0.5, 0.6) is 0 Å². The fraction of sp³-hybridized carbons (Fsp3) is 1.00. The monoisotopic (exact) mass is 540 g/mol. The largest absolute Gasteiger partial charge is 0.461 e. The summed E-state index contributed by atoms with van der Waals surface area (Å²) in [6, 6.07) is 0. The fourth-order valence-corrected chi connectivity index (χ4v) is 14.4. The van der Waals surface area contributed by atoms with Crippen molar-refractivity contribution in [2.45, 2.75) is 96.0 Å². The first kappa shape index (κ1) is 27.6. The summed E-state index contributed by atoms with van der Waals surface area (Å²) in [5.74, 6) is -7.22. The van der Waals surface area contributed by atoms with Gasteiger partial charge in [-0.2, -0.15) is 30.7 Å². The lowest BCUT2D eigenvalue weighted by Crippen LogP contribution is -2.61. The highest BCUT2D eigenvalue weighted by Gasteiger charge is 2.81. The summed E-state index contributed by atoms with van der Waals surface area (Å²) in [6.45, 7) is 0. The molecule has 190 valence electrons. The second kappa shape index (κ2) is 8.86. The third-order valence-electron chi connectivity index (χ3n) is 5.90.